The van der Waals surface area contributed by atoms with Crippen molar-refractivity contribution in [3.8, 4) is 11.8 Å². The molecule has 0 aliphatic rings. The van der Waals surface area contributed by atoms with Gasteiger partial charge in [-0.25, -0.2) is 0 Å². The fraction of sp³-hybridized carbons (Fsp3) is 0.417. The molecule has 2 aromatic rings. The summed E-state index contributed by atoms with van der Waals surface area (Å²) < 4.78 is 47.4. The molecule has 0 spiro atoms. The summed E-state index contributed by atoms with van der Waals surface area (Å²) >= 11 is 0. The first kappa shape index (κ1) is 15.1. The Labute approximate surface area is 118 Å². The average Bonchev–Trinajstić information content (AvgIpc) is 2.74. The maximum absolute atomic E-state index is 12.0. The zero-order valence-corrected chi connectivity index (χ0v) is 11.4. The van der Waals surface area contributed by atoms with E-state index in [0.29, 0.717) is 11.6 Å². The average molecular weight is 302 g/mol. The topological polar surface area (TPSA) is 62.1 Å². The van der Waals surface area contributed by atoms with Gasteiger partial charge in [0.1, 0.15) is 12.3 Å². The van der Waals surface area contributed by atoms with Gasteiger partial charge in [-0.15, -0.1) is 15.3 Å². The van der Waals surface area contributed by atoms with Crippen LogP contribution in [0, 0.1) is 6.92 Å². The van der Waals surface area contributed by atoms with Gasteiger partial charge in [0.15, 0.2) is 6.61 Å². The fourth-order valence-corrected chi connectivity index (χ4v) is 1.40. The van der Waals surface area contributed by atoms with Crippen molar-refractivity contribution in [1.82, 2.24) is 20.0 Å². The van der Waals surface area contributed by atoms with Gasteiger partial charge < -0.3 is 9.47 Å². The second-order valence-electron chi connectivity index (χ2n) is 4.30. The monoisotopic (exact) mass is 302 g/mol. The molecular weight excluding hydrogens is 289 g/mol. The number of ether oxygens (including phenoxy) is 2. The number of aromatic nitrogens is 4. The smallest absolute Gasteiger partial charge is 0.422 e. The van der Waals surface area contributed by atoms with Crippen LogP contribution in [-0.2, 0) is 13.7 Å². The lowest BCUT2D eigenvalue weighted by Gasteiger charge is -2.08. The Morgan fingerprint density at radius 3 is 2.43 bits per heavy atom. The maximum atomic E-state index is 12.0. The van der Waals surface area contributed by atoms with Gasteiger partial charge in [0.2, 0.25) is 11.8 Å². The number of hydrogen-bond donors (Lipinski definition) is 0. The van der Waals surface area contributed by atoms with Crippen LogP contribution < -0.4 is 9.47 Å². The minimum absolute atomic E-state index is 0.114. The summed E-state index contributed by atoms with van der Waals surface area (Å²) in [7, 11) is 1.79. The molecule has 0 saturated carbocycles. The fourth-order valence-electron chi connectivity index (χ4n) is 1.40. The van der Waals surface area contributed by atoms with Crippen LogP contribution in [0.5, 0.6) is 11.8 Å². The second-order valence-corrected chi connectivity index (χ2v) is 4.30. The third kappa shape index (κ3) is 4.62. The van der Waals surface area contributed by atoms with Crippen LogP contribution in [0.2, 0.25) is 0 Å². The first-order valence-corrected chi connectivity index (χ1v) is 5.99. The number of nitrogens with zero attached hydrogens (tertiary/aromatic N) is 4. The van der Waals surface area contributed by atoms with Gasteiger partial charge in [0.05, 0.1) is 0 Å². The molecule has 0 N–H and O–H groups in total. The summed E-state index contributed by atoms with van der Waals surface area (Å²) in [5, 5.41) is 11.4. The van der Waals surface area contributed by atoms with Gasteiger partial charge in [-0.2, -0.15) is 13.2 Å². The number of alkyl halides is 3. The Bertz CT molecular complexity index is 576. The maximum Gasteiger partial charge on any atom is 0.422 e. The Morgan fingerprint density at radius 2 is 1.90 bits per heavy atom. The lowest BCUT2D eigenvalue weighted by atomic mass is 10.4. The zero-order chi connectivity index (χ0) is 15.5. The summed E-state index contributed by atoms with van der Waals surface area (Å²) in [6, 6.07) is 4.55. The number of rotatable bonds is 5. The van der Waals surface area contributed by atoms with Crippen molar-refractivity contribution in [3.05, 3.63) is 29.6 Å². The van der Waals surface area contributed by atoms with Crippen molar-refractivity contribution in [2.24, 2.45) is 7.05 Å². The van der Waals surface area contributed by atoms with Crippen LogP contribution in [-0.4, -0.2) is 32.8 Å². The van der Waals surface area contributed by atoms with Gasteiger partial charge in [0.25, 0.3) is 0 Å². The quantitative estimate of drug-likeness (QED) is 0.846. The standard InChI is InChI=1S/C12H13F3N4O2/c1-8-5-11(18-19(8)2)20-6-9-3-4-10(17-16-9)21-7-12(13,14)15/h3-5H,6-7H2,1-2H3. The molecule has 0 saturated heterocycles. The van der Waals surface area contributed by atoms with E-state index in [2.05, 4.69) is 20.0 Å². The van der Waals surface area contributed by atoms with E-state index in [4.69, 9.17) is 4.74 Å². The highest BCUT2D eigenvalue weighted by Crippen LogP contribution is 2.17. The van der Waals surface area contributed by atoms with E-state index < -0.39 is 12.8 Å². The number of halogens is 3. The molecule has 0 radical (unpaired) electrons. The molecule has 0 aliphatic heterocycles. The molecule has 0 fully saturated rings. The van der Waals surface area contributed by atoms with E-state index in [9.17, 15) is 13.2 Å². The molecule has 0 aliphatic carbocycles. The van der Waals surface area contributed by atoms with Gasteiger partial charge in [-0.1, -0.05) is 0 Å². The summed E-state index contributed by atoms with van der Waals surface area (Å²) in [6.45, 7) is 0.597. The first-order chi connectivity index (χ1) is 9.83. The molecule has 2 aromatic heterocycles. The highest BCUT2D eigenvalue weighted by molar-refractivity contribution is 5.15. The van der Waals surface area contributed by atoms with Crippen LogP contribution in [0.3, 0.4) is 0 Å². The van der Waals surface area contributed by atoms with Crippen molar-refractivity contribution >= 4 is 0 Å². The van der Waals surface area contributed by atoms with Gasteiger partial charge >= 0.3 is 6.18 Å². The normalized spacial score (nSPS) is 11.5. The lowest BCUT2D eigenvalue weighted by Crippen LogP contribution is -2.19. The molecule has 2 heterocycles. The van der Waals surface area contributed by atoms with E-state index in [1.807, 2.05) is 6.92 Å². The highest BCUT2D eigenvalue weighted by atomic mass is 19.4. The van der Waals surface area contributed by atoms with Gasteiger partial charge in [-0.3, -0.25) is 4.68 Å². The molecule has 0 amide bonds. The Balaban J connectivity index is 1.87. The third-order valence-corrected chi connectivity index (χ3v) is 2.54. The predicted molar refractivity (Wildman–Crippen MR) is 65.9 cm³/mol. The summed E-state index contributed by atoms with van der Waals surface area (Å²) in [5.41, 5.74) is 1.39. The Hall–Kier alpha value is -2.32. The van der Waals surface area contributed by atoms with E-state index >= 15 is 0 Å². The minimum atomic E-state index is -4.40. The number of hydrogen-bond acceptors (Lipinski definition) is 5. The molecule has 6 nitrogen and oxygen atoms in total. The van der Waals surface area contributed by atoms with E-state index in [1.54, 1.807) is 17.8 Å². The molecular formula is C12H13F3N4O2. The van der Waals surface area contributed by atoms with Crippen molar-refractivity contribution in [2.45, 2.75) is 19.7 Å². The molecule has 0 unspecified atom stereocenters. The van der Waals surface area contributed by atoms with E-state index in [-0.39, 0.29) is 12.5 Å². The van der Waals surface area contributed by atoms with Crippen LogP contribution in [0.15, 0.2) is 18.2 Å². The van der Waals surface area contributed by atoms with Crippen LogP contribution >= 0.6 is 0 Å². The molecule has 2 rings (SSSR count). The van der Waals surface area contributed by atoms with E-state index in [1.165, 1.54) is 12.1 Å². The third-order valence-electron chi connectivity index (χ3n) is 2.54. The zero-order valence-electron chi connectivity index (χ0n) is 11.4. The summed E-state index contributed by atoms with van der Waals surface area (Å²) in [6.07, 6.45) is -4.40. The van der Waals surface area contributed by atoms with Gasteiger partial charge in [0, 0.05) is 24.9 Å². The molecule has 21 heavy (non-hydrogen) atoms. The van der Waals surface area contributed by atoms with Crippen LogP contribution in [0.1, 0.15) is 11.4 Å². The van der Waals surface area contributed by atoms with E-state index in [0.717, 1.165) is 5.69 Å². The van der Waals surface area contributed by atoms with Crippen molar-refractivity contribution in [3.63, 3.8) is 0 Å². The van der Waals surface area contributed by atoms with Crippen molar-refractivity contribution in [1.29, 1.82) is 0 Å². The number of aryl methyl sites for hydroxylation is 2. The molecule has 0 bridgehead atoms. The van der Waals surface area contributed by atoms with Gasteiger partial charge in [-0.05, 0) is 13.0 Å². The summed E-state index contributed by atoms with van der Waals surface area (Å²) in [5.74, 6) is 0.249. The molecule has 9 heteroatoms. The molecule has 0 atom stereocenters. The Kier molecular flexibility index (Phi) is 4.29. The second kappa shape index (κ2) is 5.98. The molecule has 114 valence electrons. The Morgan fingerprint density at radius 1 is 1.14 bits per heavy atom. The molecule has 0 aromatic carbocycles. The van der Waals surface area contributed by atoms with Crippen LogP contribution in [0.4, 0.5) is 13.2 Å². The lowest BCUT2D eigenvalue weighted by molar-refractivity contribution is -0.154. The largest absolute Gasteiger partial charge is 0.470 e. The first-order valence-electron chi connectivity index (χ1n) is 5.99. The van der Waals surface area contributed by atoms with Crippen molar-refractivity contribution < 1.29 is 22.6 Å². The SMILES string of the molecule is Cc1cc(OCc2ccc(OCC(F)(F)F)nn2)nn1C. The highest BCUT2D eigenvalue weighted by Gasteiger charge is 2.28. The predicted octanol–water partition coefficient (Wildman–Crippen LogP) is 2.04. The minimum Gasteiger partial charge on any atom is -0.470 e. The summed E-state index contributed by atoms with van der Waals surface area (Å²) in [4.78, 5) is 0. The van der Waals surface area contributed by atoms with Crippen LogP contribution in [0.25, 0.3) is 0 Å². The van der Waals surface area contributed by atoms with Crippen molar-refractivity contribution in [2.75, 3.05) is 6.61 Å².